The lowest BCUT2D eigenvalue weighted by atomic mass is 10.1. The van der Waals surface area contributed by atoms with Gasteiger partial charge >= 0.3 is 0 Å². The average Bonchev–Trinajstić information content (AvgIpc) is 2.97. The second kappa shape index (κ2) is 7.20. The van der Waals surface area contributed by atoms with E-state index in [0.717, 1.165) is 34.3 Å². The molecule has 1 atom stereocenters. The van der Waals surface area contributed by atoms with Crippen LogP contribution in [0.25, 0.3) is 11.3 Å². The normalized spacial score (nSPS) is 18.6. The van der Waals surface area contributed by atoms with E-state index in [1.165, 1.54) is 0 Å². The summed E-state index contributed by atoms with van der Waals surface area (Å²) in [5, 5.41) is 6.36. The zero-order chi connectivity index (χ0) is 14.5. The molecule has 0 spiro atoms. The van der Waals surface area contributed by atoms with Crippen molar-refractivity contribution in [1.82, 2.24) is 10.3 Å². The van der Waals surface area contributed by atoms with Crippen molar-refractivity contribution in [2.75, 3.05) is 18.1 Å². The van der Waals surface area contributed by atoms with E-state index in [1.807, 2.05) is 47.5 Å². The largest absolute Gasteiger partial charge is 0.312 e. The molecule has 0 amide bonds. The lowest BCUT2D eigenvalue weighted by Gasteiger charge is -2.22. The third-order valence-electron chi connectivity index (χ3n) is 3.44. The monoisotopic (exact) mass is 318 g/mol. The first-order valence-electron chi connectivity index (χ1n) is 7.14. The zero-order valence-corrected chi connectivity index (χ0v) is 13.4. The van der Waals surface area contributed by atoms with E-state index >= 15 is 0 Å². The average molecular weight is 318 g/mol. The molecule has 1 fully saturated rings. The quantitative estimate of drug-likeness (QED) is 0.920. The number of Topliss-reactive ketones (excluding diaryl/α,β-unsaturated/α-hetero) is 1. The van der Waals surface area contributed by atoms with Gasteiger partial charge in [-0.3, -0.25) is 4.79 Å². The summed E-state index contributed by atoms with van der Waals surface area (Å²) in [6.45, 7) is 1.01. The maximum absolute atomic E-state index is 12.1. The van der Waals surface area contributed by atoms with Gasteiger partial charge in [0, 0.05) is 41.5 Å². The molecule has 1 aromatic carbocycles. The minimum absolute atomic E-state index is 0.281. The fraction of sp³-hybridized carbons (Fsp3) is 0.375. The van der Waals surface area contributed by atoms with Crippen molar-refractivity contribution in [3.05, 3.63) is 40.7 Å². The number of carbonyl (C=O) groups is 1. The molecule has 21 heavy (non-hydrogen) atoms. The summed E-state index contributed by atoms with van der Waals surface area (Å²) in [6, 6.07) is 10.4. The third-order valence-corrected chi connectivity index (χ3v) is 5.42. The molecule has 1 saturated heterocycles. The Balaban J connectivity index is 1.58. The number of thiazole rings is 1. The van der Waals surface area contributed by atoms with E-state index in [-0.39, 0.29) is 5.78 Å². The van der Waals surface area contributed by atoms with E-state index in [0.29, 0.717) is 18.9 Å². The van der Waals surface area contributed by atoms with Gasteiger partial charge in [0.2, 0.25) is 0 Å². The minimum Gasteiger partial charge on any atom is -0.312 e. The number of benzene rings is 1. The van der Waals surface area contributed by atoms with Crippen molar-refractivity contribution in [1.29, 1.82) is 0 Å². The molecular formula is C16H18N2OS2. The van der Waals surface area contributed by atoms with Crippen LogP contribution in [0.1, 0.15) is 11.4 Å². The predicted octanol–water partition coefficient (Wildman–Crippen LogP) is 3.02. The second-order valence-electron chi connectivity index (χ2n) is 5.14. The molecule has 1 aliphatic rings. The molecule has 0 bridgehead atoms. The van der Waals surface area contributed by atoms with Gasteiger partial charge in [0.1, 0.15) is 10.8 Å². The lowest BCUT2D eigenvalue weighted by Crippen LogP contribution is -2.39. The molecule has 1 unspecified atom stereocenters. The fourth-order valence-electron chi connectivity index (χ4n) is 2.40. The van der Waals surface area contributed by atoms with Crippen molar-refractivity contribution >= 4 is 28.9 Å². The van der Waals surface area contributed by atoms with Gasteiger partial charge in [-0.1, -0.05) is 30.3 Å². The standard InChI is InChI=1S/C16H18N2OS2/c19-14(8-13-10-20-7-6-17-13)9-16-18-15(11-21-16)12-4-2-1-3-5-12/h1-5,11,13,17H,6-10H2. The van der Waals surface area contributed by atoms with Gasteiger partial charge < -0.3 is 5.32 Å². The Kier molecular flexibility index (Phi) is 5.06. The maximum atomic E-state index is 12.1. The van der Waals surface area contributed by atoms with Crippen molar-refractivity contribution in [2.24, 2.45) is 0 Å². The van der Waals surface area contributed by atoms with E-state index in [9.17, 15) is 4.79 Å². The van der Waals surface area contributed by atoms with Crippen LogP contribution >= 0.6 is 23.1 Å². The summed E-state index contributed by atoms with van der Waals surface area (Å²) in [5.74, 6) is 2.47. The van der Waals surface area contributed by atoms with Crippen molar-refractivity contribution in [3.8, 4) is 11.3 Å². The van der Waals surface area contributed by atoms with Crippen molar-refractivity contribution in [2.45, 2.75) is 18.9 Å². The van der Waals surface area contributed by atoms with Crippen LogP contribution in [0.5, 0.6) is 0 Å². The highest BCUT2D eigenvalue weighted by Gasteiger charge is 2.17. The number of hydrogen-bond donors (Lipinski definition) is 1. The number of carbonyl (C=O) groups excluding carboxylic acids is 1. The number of nitrogens with one attached hydrogen (secondary N) is 1. The first kappa shape index (κ1) is 14.8. The SMILES string of the molecule is O=C(Cc1nc(-c2ccccc2)cs1)CC1CSCCN1. The molecule has 1 aromatic heterocycles. The van der Waals surface area contributed by atoms with Gasteiger partial charge in [-0.15, -0.1) is 11.3 Å². The topological polar surface area (TPSA) is 42.0 Å². The van der Waals surface area contributed by atoms with Gasteiger partial charge in [0.15, 0.2) is 0 Å². The summed E-state index contributed by atoms with van der Waals surface area (Å²) in [7, 11) is 0. The lowest BCUT2D eigenvalue weighted by molar-refractivity contribution is -0.118. The van der Waals surface area contributed by atoms with E-state index < -0.39 is 0 Å². The molecule has 0 aliphatic carbocycles. The highest BCUT2D eigenvalue weighted by atomic mass is 32.2. The Hall–Kier alpha value is -1.17. The van der Waals surface area contributed by atoms with E-state index in [4.69, 9.17) is 0 Å². The minimum atomic E-state index is 0.281. The molecule has 2 aromatic rings. The Labute approximate surface area is 133 Å². The zero-order valence-electron chi connectivity index (χ0n) is 11.7. The highest BCUT2D eigenvalue weighted by Crippen LogP contribution is 2.22. The Morgan fingerprint density at radius 3 is 2.95 bits per heavy atom. The number of nitrogens with zero attached hydrogens (tertiary/aromatic N) is 1. The van der Waals surface area contributed by atoms with Crippen LogP contribution in [0.15, 0.2) is 35.7 Å². The van der Waals surface area contributed by atoms with Crippen LogP contribution < -0.4 is 5.32 Å². The van der Waals surface area contributed by atoms with Crippen LogP contribution in [-0.2, 0) is 11.2 Å². The van der Waals surface area contributed by atoms with Gasteiger partial charge in [-0.2, -0.15) is 11.8 Å². The fourth-order valence-corrected chi connectivity index (χ4v) is 4.18. The molecule has 1 N–H and O–H groups in total. The summed E-state index contributed by atoms with van der Waals surface area (Å²) >= 11 is 3.50. The third kappa shape index (κ3) is 4.15. The Bertz CT molecular complexity index is 591. The van der Waals surface area contributed by atoms with Crippen LogP contribution in [-0.4, -0.2) is 34.9 Å². The Morgan fingerprint density at radius 2 is 2.19 bits per heavy atom. The number of ketones is 1. The molecule has 3 rings (SSSR count). The van der Waals surface area contributed by atoms with Crippen LogP contribution in [0.3, 0.4) is 0 Å². The maximum Gasteiger partial charge on any atom is 0.141 e. The summed E-state index contributed by atoms with van der Waals surface area (Å²) < 4.78 is 0. The number of rotatable bonds is 5. The molecule has 1 aliphatic heterocycles. The summed E-state index contributed by atoms with van der Waals surface area (Å²) in [4.78, 5) is 16.7. The first-order chi connectivity index (χ1) is 10.3. The number of thioether (sulfide) groups is 1. The second-order valence-corrected chi connectivity index (χ2v) is 7.23. The van der Waals surface area contributed by atoms with Crippen molar-refractivity contribution in [3.63, 3.8) is 0 Å². The molecule has 0 radical (unpaired) electrons. The Morgan fingerprint density at radius 1 is 1.33 bits per heavy atom. The van der Waals surface area contributed by atoms with Gasteiger partial charge in [-0.25, -0.2) is 4.98 Å². The first-order valence-corrected chi connectivity index (χ1v) is 9.17. The molecule has 110 valence electrons. The summed E-state index contributed by atoms with van der Waals surface area (Å²) in [5.41, 5.74) is 2.08. The summed E-state index contributed by atoms with van der Waals surface area (Å²) in [6.07, 6.45) is 1.08. The van der Waals surface area contributed by atoms with Gasteiger partial charge in [0.05, 0.1) is 12.1 Å². The smallest absolute Gasteiger partial charge is 0.141 e. The van der Waals surface area contributed by atoms with Crippen LogP contribution in [0.4, 0.5) is 0 Å². The molecule has 5 heteroatoms. The van der Waals surface area contributed by atoms with Crippen LogP contribution in [0.2, 0.25) is 0 Å². The molecule has 0 saturated carbocycles. The van der Waals surface area contributed by atoms with E-state index in [1.54, 1.807) is 11.3 Å². The van der Waals surface area contributed by atoms with Gasteiger partial charge in [-0.05, 0) is 0 Å². The molecular weight excluding hydrogens is 300 g/mol. The van der Waals surface area contributed by atoms with Crippen LogP contribution in [0, 0.1) is 0 Å². The van der Waals surface area contributed by atoms with E-state index in [2.05, 4.69) is 10.3 Å². The predicted molar refractivity (Wildman–Crippen MR) is 90.0 cm³/mol. The highest BCUT2D eigenvalue weighted by molar-refractivity contribution is 7.99. The molecule has 3 nitrogen and oxygen atoms in total. The molecule has 2 heterocycles. The van der Waals surface area contributed by atoms with Gasteiger partial charge in [0.25, 0.3) is 0 Å². The van der Waals surface area contributed by atoms with Crippen molar-refractivity contribution < 1.29 is 4.79 Å². The number of hydrogen-bond acceptors (Lipinski definition) is 5. The number of aromatic nitrogens is 1.